The third-order valence-electron chi connectivity index (χ3n) is 7.49. The van der Waals surface area contributed by atoms with Crippen LogP contribution in [0, 0.1) is 12.7 Å². The zero-order chi connectivity index (χ0) is 27.2. The van der Waals surface area contributed by atoms with Crippen molar-refractivity contribution in [3.63, 3.8) is 0 Å². The molecule has 5 rings (SSSR count). The molecule has 0 saturated carbocycles. The summed E-state index contributed by atoms with van der Waals surface area (Å²) >= 11 is 0. The quantitative estimate of drug-likeness (QED) is 0.471. The number of anilines is 1. The maximum Gasteiger partial charge on any atom is 0.417 e. The number of aryl methyl sites for hydroxylation is 2. The van der Waals surface area contributed by atoms with Crippen molar-refractivity contribution in [1.82, 2.24) is 19.9 Å². The van der Waals surface area contributed by atoms with Crippen LogP contribution in [-0.2, 0) is 17.4 Å². The lowest BCUT2D eigenvalue weighted by Crippen LogP contribution is -2.46. The number of rotatable bonds is 4. The molecule has 1 amide bonds. The molecule has 0 aromatic carbocycles. The van der Waals surface area contributed by atoms with Crippen molar-refractivity contribution in [2.75, 3.05) is 25.5 Å². The molecule has 2 atom stereocenters. The molecule has 1 fully saturated rings. The van der Waals surface area contributed by atoms with Crippen molar-refractivity contribution in [3.05, 3.63) is 64.9 Å². The fourth-order valence-corrected chi connectivity index (χ4v) is 5.26. The van der Waals surface area contributed by atoms with E-state index in [-0.39, 0.29) is 22.9 Å². The summed E-state index contributed by atoms with van der Waals surface area (Å²) < 4.78 is 58.3. The van der Waals surface area contributed by atoms with Gasteiger partial charge in [0.25, 0.3) is 0 Å². The van der Waals surface area contributed by atoms with Crippen molar-refractivity contribution in [3.8, 4) is 17.1 Å². The van der Waals surface area contributed by atoms with E-state index in [2.05, 4.69) is 15.3 Å². The molecule has 11 heteroatoms. The first kappa shape index (κ1) is 25.9. The smallest absolute Gasteiger partial charge is 0.417 e. The van der Waals surface area contributed by atoms with Gasteiger partial charge in [0, 0.05) is 42.2 Å². The second-order valence-electron chi connectivity index (χ2n) is 9.94. The summed E-state index contributed by atoms with van der Waals surface area (Å²) in [6.07, 6.45) is -0.389. The van der Waals surface area contributed by atoms with Crippen molar-refractivity contribution < 1.29 is 27.1 Å². The zero-order valence-corrected chi connectivity index (χ0v) is 21.2. The number of fused-ring (bicyclic) bond motifs is 1. The van der Waals surface area contributed by atoms with Crippen LogP contribution in [-0.4, -0.2) is 51.5 Å². The highest BCUT2D eigenvalue weighted by atomic mass is 19.4. The number of ether oxygens (including phenoxy) is 1. The summed E-state index contributed by atoms with van der Waals surface area (Å²) in [6.45, 7) is 4.46. The van der Waals surface area contributed by atoms with Crippen LogP contribution >= 0.6 is 0 Å². The molecule has 7 nitrogen and oxygen atoms in total. The molecule has 200 valence electrons. The normalized spacial score (nSPS) is 19.7. The number of nitrogens with one attached hydrogen (secondary N) is 1. The summed E-state index contributed by atoms with van der Waals surface area (Å²) in [5, 5.41) is 3.54. The van der Waals surface area contributed by atoms with Gasteiger partial charge in [-0.2, -0.15) is 13.2 Å². The highest BCUT2D eigenvalue weighted by Crippen LogP contribution is 2.39. The lowest BCUT2D eigenvalue weighted by Gasteiger charge is -2.36. The van der Waals surface area contributed by atoms with E-state index >= 15 is 0 Å². The van der Waals surface area contributed by atoms with Gasteiger partial charge in [-0.3, -0.25) is 9.78 Å². The Morgan fingerprint density at radius 3 is 2.66 bits per heavy atom. The number of aromatic nitrogens is 3. The lowest BCUT2D eigenvalue weighted by atomic mass is 9.86. The number of methoxy groups -OCH3 is 1. The summed E-state index contributed by atoms with van der Waals surface area (Å²) in [4.78, 5) is 27.6. The Kier molecular flexibility index (Phi) is 6.48. The summed E-state index contributed by atoms with van der Waals surface area (Å²) in [7, 11) is 1.44. The minimum Gasteiger partial charge on any atom is -0.481 e. The van der Waals surface area contributed by atoms with Gasteiger partial charge in [-0.1, -0.05) is 0 Å². The van der Waals surface area contributed by atoms with Crippen LogP contribution < -0.4 is 10.1 Å². The summed E-state index contributed by atoms with van der Waals surface area (Å²) in [5.41, 5.74) is 1.79. The monoisotopic (exact) mass is 529 g/mol. The predicted molar refractivity (Wildman–Crippen MR) is 132 cm³/mol. The Balaban J connectivity index is 1.32. The summed E-state index contributed by atoms with van der Waals surface area (Å²) in [6, 6.07) is 5.76. The molecule has 0 aliphatic carbocycles. The van der Waals surface area contributed by atoms with E-state index in [9.17, 15) is 22.4 Å². The van der Waals surface area contributed by atoms with E-state index in [1.54, 1.807) is 18.7 Å². The number of hydrogen-bond acceptors (Lipinski definition) is 6. The molecule has 5 heterocycles. The van der Waals surface area contributed by atoms with Crippen LogP contribution in [0.15, 0.2) is 36.7 Å². The van der Waals surface area contributed by atoms with Crippen molar-refractivity contribution in [2.45, 2.75) is 50.7 Å². The van der Waals surface area contributed by atoms with E-state index in [0.717, 1.165) is 36.9 Å². The average Bonchev–Trinajstić information content (AvgIpc) is 3.30. The van der Waals surface area contributed by atoms with E-state index in [0.29, 0.717) is 42.3 Å². The first-order chi connectivity index (χ1) is 18.0. The van der Waals surface area contributed by atoms with E-state index in [4.69, 9.17) is 9.72 Å². The number of alkyl halides is 3. The van der Waals surface area contributed by atoms with E-state index < -0.39 is 23.5 Å². The average molecular weight is 530 g/mol. The molecular formula is C27H27F4N5O2. The van der Waals surface area contributed by atoms with Gasteiger partial charge in [0.2, 0.25) is 11.8 Å². The molecule has 3 aromatic rings. The third-order valence-corrected chi connectivity index (χ3v) is 7.49. The minimum atomic E-state index is -4.44. The van der Waals surface area contributed by atoms with Gasteiger partial charge in [-0.05, 0) is 56.9 Å². The Labute approximate surface area is 217 Å². The van der Waals surface area contributed by atoms with Crippen LogP contribution in [0.1, 0.15) is 48.1 Å². The van der Waals surface area contributed by atoms with Crippen molar-refractivity contribution in [2.24, 2.45) is 0 Å². The highest BCUT2D eigenvalue weighted by molar-refractivity contribution is 5.84. The van der Waals surface area contributed by atoms with Crippen molar-refractivity contribution in [1.29, 1.82) is 0 Å². The number of nitrogens with zero attached hydrogens (tertiary/aromatic N) is 4. The minimum absolute atomic E-state index is 0.172. The second-order valence-corrected chi connectivity index (χ2v) is 9.94. The number of halogens is 4. The standard InChI is InChI=1S/C27H27F4N5O2/c1-15(19-11-23(38-3)33-13-21(19)28)25(37)36-9-8-26(14-36)7-6-17-10-20(16(2)34-24(17)35-26)22-5-4-18(12-32-22)27(29,30)31/h4-5,10-13,15H,6-9,14H2,1-3H3,(H,34,35)/t15-,26+/m1/s1. The molecular weight excluding hydrogens is 502 g/mol. The first-order valence-electron chi connectivity index (χ1n) is 12.3. The van der Waals surface area contributed by atoms with Gasteiger partial charge in [0.15, 0.2) is 0 Å². The van der Waals surface area contributed by atoms with Crippen LogP contribution in [0.25, 0.3) is 11.3 Å². The molecule has 2 aliphatic rings. The van der Waals surface area contributed by atoms with Gasteiger partial charge < -0.3 is 15.0 Å². The largest absolute Gasteiger partial charge is 0.481 e. The van der Waals surface area contributed by atoms with Gasteiger partial charge in [0.1, 0.15) is 11.6 Å². The molecule has 1 N–H and O–H groups in total. The molecule has 1 saturated heterocycles. The Hall–Kier alpha value is -3.76. The van der Waals surface area contributed by atoms with E-state index in [1.807, 2.05) is 6.07 Å². The number of carbonyl (C=O) groups is 1. The second kappa shape index (κ2) is 9.52. The maximum absolute atomic E-state index is 14.4. The van der Waals surface area contributed by atoms with Crippen LogP contribution in [0.3, 0.4) is 0 Å². The van der Waals surface area contributed by atoms with Crippen LogP contribution in [0.5, 0.6) is 5.88 Å². The first-order valence-corrected chi connectivity index (χ1v) is 12.3. The SMILES string of the molecule is COc1cc([C@@H](C)C(=O)N2CC[C@@]3(CCc4cc(-c5ccc(C(F)(F)F)cn5)c(C)nc4N3)C2)c(F)cn1. The topological polar surface area (TPSA) is 80.2 Å². The zero-order valence-electron chi connectivity index (χ0n) is 21.2. The number of pyridine rings is 3. The Morgan fingerprint density at radius 2 is 1.97 bits per heavy atom. The molecule has 38 heavy (non-hydrogen) atoms. The number of amides is 1. The fourth-order valence-electron chi connectivity index (χ4n) is 5.26. The number of hydrogen-bond donors (Lipinski definition) is 1. The Morgan fingerprint density at radius 1 is 1.18 bits per heavy atom. The fraction of sp³-hybridized carbons (Fsp3) is 0.407. The molecule has 0 radical (unpaired) electrons. The van der Waals surface area contributed by atoms with Crippen LogP contribution in [0.4, 0.5) is 23.4 Å². The van der Waals surface area contributed by atoms with Crippen LogP contribution in [0.2, 0.25) is 0 Å². The van der Waals surface area contributed by atoms with Gasteiger partial charge in [-0.25, -0.2) is 14.4 Å². The molecule has 0 bridgehead atoms. The molecule has 2 aliphatic heterocycles. The van der Waals surface area contributed by atoms with Gasteiger partial charge >= 0.3 is 6.18 Å². The molecule has 3 aromatic heterocycles. The lowest BCUT2D eigenvalue weighted by molar-refractivity contribution is -0.137. The van der Waals surface area contributed by atoms with Crippen molar-refractivity contribution >= 4 is 11.7 Å². The third kappa shape index (κ3) is 4.77. The highest BCUT2D eigenvalue weighted by Gasteiger charge is 2.43. The number of carbonyl (C=O) groups excluding carboxylic acids is 1. The predicted octanol–water partition coefficient (Wildman–Crippen LogP) is 5.15. The van der Waals surface area contributed by atoms with E-state index in [1.165, 1.54) is 19.2 Å². The Bertz CT molecular complexity index is 1380. The maximum atomic E-state index is 14.4. The number of likely N-dealkylation sites (tertiary alicyclic amines) is 1. The molecule has 1 spiro atoms. The summed E-state index contributed by atoms with van der Waals surface area (Å²) in [5.74, 6) is -0.469. The van der Waals surface area contributed by atoms with Gasteiger partial charge in [-0.15, -0.1) is 0 Å². The molecule has 0 unspecified atom stereocenters. The van der Waals surface area contributed by atoms with Gasteiger partial charge in [0.05, 0.1) is 36.0 Å².